The van der Waals surface area contributed by atoms with Crippen LogP contribution in [0.25, 0.3) is 6.08 Å². The summed E-state index contributed by atoms with van der Waals surface area (Å²) < 4.78 is 0. The minimum Gasteiger partial charge on any atom is -0.502 e. The third-order valence-corrected chi connectivity index (χ3v) is 1.86. The largest absolute Gasteiger partial charge is 0.502 e. The first-order valence-electron chi connectivity index (χ1n) is 3.90. The van der Waals surface area contributed by atoms with Crippen LogP contribution in [0.3, 0.4) is 0 Å². The molecule has 0 saturated carbocycles. The molecular weight excluding hydrogens is 202 g/mol. The Morgan fingerprint density at radius 2 is 2.29 bits per heavy atom. The molecule has 0 saturated heterocycles. The number of para-hydroxylation sites is 1. The van der Waals surface area contributed by atoms with E-state index in [9.17, 15) is 15.2 Å². The molecule has 0 fully saturated rings. The van der Waals surface area contributed by atoms with E-state index in [-0.39, 0.29) is 11.4 Å². The van der Waals surface area contributed by atoms with E-state index in [4.69, 9.17) is 0 Å². The fourth-order valence-electron chi connectivity index (χ4n) is 1.01. The SMILES string of the molecule is O=[N+]([O-])c1cccc(C=CCS)c1O. The molecule has 0 radical (unpaired) electrons. The lowest BCUT2D eigenvalue weighted by atomic mass is 10.1. The lowest BCUT2D eigenvalue weighted by molar-refractivity contribution is -0.385. The third kappa shape index (κ3) is 2.26. The molecule has 4 nitrogen and oxygen atoms in total. The normalized spacial score (nSPS) is 10.6. The van der Waals surface area contributed by atoms with Crippen molar-refractivity contribution in [1.29, 1.82) is 0 Å². The Morgan fingerprint density at radius 1 is 1.57 bits per heavy atom. The summed E-state index contributed by atoms with van der Waals surface area (Å²) in [7, 11) is 0. The maximum atomic E-state index is 10.5. The smallest absolute Gasteiger partial charge is 0.311 e. The highest BCUT2D eigenvalue weighted by Gasteiger charge is 2.14. The molecule has 1 aromatic carbocycles. The van der Waals surface area contributed by atoms with E-state index in [2.05, 4.69) is 12.6 Å². The number of nitro groups is 1. The van der Waals surface area contributed by atoms with Gasteiger partial charge in [-0.05, 0) is 0 Å². The van der Waals surface area contributed by atoms with Crippen LogP contribution in [0, 0.1) is 10.1 Å². The van der Waals surface area contributed by atoms with Crippen LogP contribution in [0.15, 0.2) is 24.3 Å². The molecule has 5 heteroatoms. The molecule has 0 unspecified atom stereocenters. The average Bonchev–Trinajstić information content (AvgIpc) is 2.16. The molecule has 0 amide bonds. The summed E-state index contributed by atoms with van der Waals surface area (Å²) >= 11 is 3.95. The zero-order valence-corrected chi connectivity index (χ0v) is 8.15. The highest BCUT2D eigenvalue weighted by molar-refractivity contribution is 7.80. The van der Waals surface area contributed by atoms with Gasteiger partial charge in [-0.3, -0.25) is 10.1 Å². The van der Waals surface area contributed by atoms with Gasteiger partial charge in [-0.15, -0.1) is 0 Å². The van der Waals surface area contributed by atoms with Crippen LogP contribution in [0.2, 0.25) is 0 Å². The van der Waals surface area contributed by atoms with E-state index >= 15 is 0 Å². The zero-order chi connectivity index (χ0) is 10.6. The molecule has 14 heavy (non-hydrogen) atoms. The van der Waals surface area contributed by atoms with Gasteiger partial charge in [-0.1, -0.05) is 24.3 Å². The van der Waals surface area contributed by atoms with Crippen LogP contribution in [0.1, 0.15) is 5.56 Å². The van der Waals surface area contributed by atoms with Crippen molar-refractivity contribution in [3.8, 4) is 5.75 Å². The topological polar surface area (TPSA) is 63.4 Å². The number of nitro benzene ring substituents is 1. The monoisotopic (exact) mass is 211 g/mol. The highest BCUT2D eigenvalue weighted by Crippen LogP contribution is 2.29. The van der Waals surface area contributed by atoms with E-state index in [0.717, 1.165) is 0 Å². The number of nitrogens with zero attached hydrogens (tertiary/aromatic N) is 1. The maximum Gasteiger partial charge on any atom is 0.311 e. The first-order valence-corrected chi connectivity index (χ1v) is 4.54. The fourth-order valence-corrected chi connectivity index (χ4v) is 1.12. The zero-order valence-electron chi connectivity index (χ0n) is 7.25. The Labute approximate surface area is 86.4 Å². The van der Waals surface area contributed by atoms with Crippen molar-refractivity contribution in [1.82, 2.24) is 0 Å². The van der Waals surface area contributed by atoms with Crippen molar-refractivity contribution in [3.05, 3.63) is 40.0 Å². The lowest BCUT2D eigenvalue weighted by Crippen LogP contribution is -1.89. The molecule has 0 heterocycles. The van der Waals surface area contributed by atoms with Crippen LogP contribution < -0.4 is 0 Å². The third-order valence-electron chi connectivity index (χ3n) is 1.65. The van der Waals surface area contributed by atoms with Gasteiger partial charge in [0.15, 0.2) is 0 Å². The average molecular weight is 211 g/mol. The van der Waals surface area contributed by atoms with E-state index < -0.39 is 4.92 Å². The molecule has 0 bridgehead atoms. The Kier molecular flexibility index (Phi) is 3.53. The van der Waals surface area contributed by atoms with Gasteiger partial charge in [0.2, 0.25) is 5.75 Å². The first-order chi connectivity index (χ1) is 6.66. The second-order valence-corrected chi connectivity index (χ2v) is 2.92. The summed E-state index contributed by atoms with van der Waals surface area (Å²) in [5.74, 6) is 0.206. The van der Waals surface area contributed by atoms with E-state index in [1.54, 1.807) is 18.2 Å². The predicted octanol–water partition coefficient (Wildman–Crippen LogP) is 2.24. The van der Waals surface area contributed by atoms with Gasteiger partial charge in [-0.2, -0.15) is 12.6 Å². The van der Waals surface area contributed by atoms with Gasteiger partial charge in [0, 0.05) is 17.4 Å². The summed E-state index contributed by atoms with van der Waals surface area (Å²) in [4.78, 5) is 9.84. The number of hydrogen-bond acceptors (Lipinski definition) is 4. The second-order valence-electron chi connectivity index (χ2n) is 2.56. The number of phenolic OH excluding ortho intramolecular Hbond substituents is 1. The molecule has 0 aliphatic carbocycles. The summed E-state index contributed by atoms with van der Waals surface area (Å²) in [5.41, 5.74) is 0.138. The van der Waals surface area contributed by atoms with Gasteiger partial charge in [-0.25, -0.2) is 0 Å². The van der Waals surface area contributed by atoms with E-state index in [1.807, 2.05) is 0 Å². The number of aromatic hydroxyl groups is 1. The van der Waals surface area contributed by atoms with Crippen molar-refractivity contribution in [2.45, 2.75) is 0 Å². The standard InChI is InChI=1S/C9H9NO3S/c11-9-7(4-2-6-14)3-1-5-8(9)10(12)13/h1-5,11,14H,6H2. The quantitative estimate of drug-likeness (QED) is 0.458. The summed E-state index contributed by atoms with van der Waals surface area (Å²) in [6, 6.07) is 4.38. The molecule has 1 aromatic rings. The molecule has 0 aromatic heterocycles. The van der Waals surface area contributed by atoms with Crippen molar-refractivity contribution in [2.75, 3.05) is 5.75 Å². The summed E-state index contributed by atoms with van der Waals surface area (Å²) in [6.07, 6.45) is 3.29. The van der Waals surface area contributed by atoms with Crippen LogP contribution in [0.4, 0.5) is 5.69 Å². The second kappa shape index (κ2) is 4.66. The summed E-state index contributed by atoms with van der Waals surface area (Å²) in [5, 5.41) is 19.9. The van der Waals surface area contributed by atoms with Crippen LogP contribution in [-0.4, -0.2) is 15.8 Å². The van der Waals surface area contributed by atoms with Gasteiger partial charge < -0.3 is 5.11 Å². The van der Waals surface area contributed by atoms with Crippen molar-refractivity contribution >= 4 is 24.4 Å². The minimum absolute atomic E-state index is 0.286. The van der Waals surface area contributed by atoms with Gasteiger partial charge in [0.1, 0.15) is 0 Å². The van der Waals surface area contributed by atoms with Crippen LogP contribution >= 0.6 is 12.6 Å². The fraction of sp³-hybridized carbons (Fsp3) is 0.111. The predicted molar refractivity (Wildman–Crippen MR) is 57.6 cm³/mol. The highest BCUT2D eigenvalue weighted by atomic mass is 32.1. The van der Waals surface area contributed by atoms with Gasteiger partial charge in [0.25, 0.3) is 0 Å². The molecule has 0 aliphatic rings. The molecule has 0 aliphatic heterocycles. The Bertz CT molecular complexity index is 376. The van der Waals surface area contributed by atoms with Crippen LogP contribution in [-0.2, 0) is 0 Å². The Balaban J connectivity index is 3.14. The van der Waals surface area contributed by atoms with Crippen LogP contribution in [0.5, 0.6) is 5.75 Å². The van der Waals surface area contributed by atoms with Crippen molar-refractivity contribution < 1.29 is 10.0 Å². The lowest BCUT2D eigenvalue weighted by Gasteiger charge is -1.99. The maximum absolute atomic E-state index is 10.5. The number of thiol groups is 1. The number of rotatable bonds is 3. The molecule has 1 N–H and O–H groups in total. The number of benzene rings is 1. The molecule has 0 spiro atoms. The first kappa shape index (κ1) is 10.6. The van der Waals surface area contributed by atoms with E-state index in [1.165, 1.54) is 12.1 Å². The van der Waals surface area contributed by atoms with Gasteiger partial charge in [0.05, 0.1) is 4.92 Å². The van der Waals surface area contributed by atoms with Crippen molar-refractivity contribution in [3.63, 3.8) is 0 Å². The van der Waals surface area contributed by atoms with E-state index in [0.29, 0.717) is 11.3 Å². The molecule has 0 atom stereocenters. The number of hydrogen-bond donors (Lipinski definition) is 2. The Hall–Kier alpha value is -1.49. The van der Waals surface area contributed by atoms with Crippen molar-refractivity contribution in [2.24, 2.45) is 0 Å². The summed E-state index contributed by atoms with van der Waals surface area (Å²) in [6.45, 7) is 0. The van der Waals surface area contributed by atoms with Gasteiger partial charge >= 0.3 is 5.69 Å². The molecule has 74 valence electrons. The number of phenols is 1. The molecular formula is C9H9NO3S. The minimum atomic E-state index is -0.618. The Morgan fingerprint density at radius 3 is 2.86 bits per heavy atom. The molecule has 1 rings (SSSR count).